The van der Waals surface area contributed by atoms with Gasteiger partial charge < -0.3 is 10.2 Å². The Balaban J connectivity index is 1.59. The fourth-order valence-electron chi connectivity index (χ4n) is 3.28. The molecule has 0 saturated carbocycles. The molecule has 1 N–H and O–H groups in total. The van der Waals surface area contributed by atoms with Crippen LogP contribution in [0.25, 0.3) is 0 Å². The first kappa shape index (κ1) is 12.0. The molecule has 1 atom stereocenters. The molecule has 2 nitrogen and oxygen atoms in total. The van der Waals surface area contributed by atoms with Gasteiger partial charge in [0.05, 0.1) is 0 Å². The lowest BCUT2D eigenvalue weighted by atomic mass is 10.0. The van der Waals surface area contributed by atoms with Crippen molar-refractivity contribution in [2.75, 3.05) is 25.0 Å². The van der Waals surface area contributed by atoms with Crippen LogP contribution in [0.15, 0.2) is 18.2 Å². The molecule has 3 rings (SSSR count). The van der Waals surface area contributed by atoms with Crippen LogP contribution in [0.5, 0.6) is 0 Å². The van der Waals surface area contributed by atoms with Crippen molar-refractivity contribution in [2.24, 2.45) is 0 Å². The Morgan fingerprint density at radius 3 is 3.17 bits per heavy atom. The Labute approximate surface area is 110 Å². The molecule has 1 saturated heterocycles. The number of piperidine rings is 1. The maximum atomic E-state index is 3.43. The Morgan fingerprint density at radius 2 is 2.28 bits per heavy atom. The largest absolute Gasteiger partial charge is 0.384 e. The summed E-state index contributed by atoms with van der Waals surface area (Å²) < 4.78 is 0. The molecule has 1 fully saturated rings. The Bertz CT molecular complexity index is 414. The first-order valence-corrected chi connectivity index (χ1v) is 7.42. The van der Waals surface area contributed by atoms with Crippen molar-refractivity contribution >= 4 is 5.69 Å². The molecular weight excluding hydrogens is 220 g/mol. The molecule has 2 aliphatic heterocycles. The maximum Gasteiger partial charge on any atom is 0.0373 e. The SMILES string of the molecule is CC1CCCCN1CCc1ccc2c(c1)CCN2. The minimum absolute atomic E-state index is 0.787. The van der Waals surface area contributed by atoms with Gasteiger partial charge >= 0.3 is 0 Å². The lowest BCUT2D eigenvalue weighted by molar-refractivity contribution is 0.163. The van der Waals surface area contributed by atoms with Crippen LogP contribution < -0.4 is 5.32 Å². The average Bonchev–Trinajstić information content (AvgIpc) is 2.85. The van der Waals surface area contributed by atoms with Crippen LogP contribution in [0.1, 0.15) is 37.3 Å². The molecular formula is C16H24N2. The smallest absolute Gasteiger partial charge is 0.0373 e. The molecule has 18 heavy (non-hydrogen) atoms. The summed E-state index contributed by atoms with van der Waals surface area (Å²) >= 11 is 0. The van der Waals surface area contributed by atoms with Gasteiger partial charge in [0.15, 0.2) is 0 Å². The molecule has 0 aliphatic carbocycles. The molecule has 0 bridgehead atoms. The first-order chi connectivity index (χ1) is 8.83. The second-order valence-corrected chi connectivity index (χ2v) is 5.80. The van der Waals surface area contributed by atoms with Crippen molar-refractivity contribution in [3.8, 4) is 0 Å². The monoisotopic (exact) mass is 244 g/mol. The van der Waals surface area contributed by atoms with E-state index in [9.17, 15) is 0 Å². The van der Waals surface area contributed by atoms with Gasteiger partial charge in [-0.2, -0.15) is 0 Å². The van der Waals surface area contributed by atoms with E-state index < -0.39 is 0 Å². The predicted molar refractivity (Wildman–Crippen MR) is 77.2 cm³/mol. The minimum atomic E-state index is 0.787. The Hall–Kier alpha value is -1.02. The lowest BCUT2D eigenvalue weighted by Gasteiger charge is -2.33. The van der Waals surface area contributed by atoms with E-state index >= 15 is 0 Å². The van der Waals surface area contributed by atoms with E-state index in [1.165, 1.54) is 62.0 Å². The molecule has 1 aromatic carbocycles. The molecule has 98 valence electrons. The lowest BCUT2D eigenvalue weighted by Crippen LogP contribution is -2.38. The quantitative estimate of drug-likeness (QED) is 0.879. The van der Waals surface area contributed by atoms with Crippen molar-refractivity contribution in [3.63, 3.8) is 0 Å². The summed E-state index contributed by atoms with van der Waals surface area (Å²) in [5.41, 5.74) is 4.37. The number of nitrogens with one attached hydrogen (secondary N) is 1. The highest BCUT2D eigenvalue weighted by molar-refractivity contribution is 5.56. The number of nitrogens with zero attached hydrogens (tertiary/aromatic N) is 1. The fraction of sp³-hybridized carbons (Fsp3) is 0.625. The third-order valence-electron chi connectivity index (χ3n) is 4.51. The summed E-state index contributed by atoms with van der Waals surface area (Å²) in [6.07, 6.45) is 6.59. The van der Waals surface area contributed by atoms with Gasteiger partial charge in [-0.1, -0.05) is 18.6 Å². The van der Waals surface area contributed by atoms with Crippen molar-refractivity contribution in [3.05, 3.63) is 29.3 Å². The highest BCUT2D eigenvalue weighted by atomic mass is 15.1. The molecule has 2 heteroatoms. The fourth-order valence-corrected chi connectivity index (χ4v) is 3.28. The maximum absolute atomic E-state index is 3.43. The van der Waals surface area contributed by atoms with Gasteiger partial charge in [0.2, 0.25) is 0 Å². The van der Waals surface area contributed by atoms with Gasteiger partial charge in [0, 0.05) is 24.8 Å². The van der Waals surface area contributed by atoms with Crippen LogP contribution in [0.4, 0.5) is 5.69 Å². The zero-order valence-electron chi connectivity index (χ0n) is 11.4. The molecule has 2 heterocycles. The Kier molecular flexibility index (Phi) is 3.55. The van der Waals surface area contributed by atoms with Crippen molar-refractivity contribution in [1.29, 1.82) is 0 Å². The van der Waals surface area contributed by atoms with Crippen LogP contribution in [0.2, 0.25) is 0 Å². The number of likely N-dealkylation sites (tertiary alicyclic amines) is 1. The average molecular weight is 244 g/mol. The highest BCUT2D eigenvalue weighted by Crippen LogP contribution is 2.24. The number of benzene rings is 1. The van der Waals surface area contributed by atoms with Gasteiger partial charge in [-0.05, 0) is 56.3 Å². The van der Waals surface area contributed by atoms with E-state index in [4.69, 9.17) is 0 Å². The van der Waals surface area contributed by atoms with Crippen LogP contribution >= 0.6 is 0 Å². The zero-order valence-corrected chi connectivity index (χ0v) is 11.4. The van der Waals surface area contributed by atoms with Gasteiger partial charge in [0.1, 0.15) is 0 Å². The number of anilines is 1. The summed E-state index contributed by atoms with van der Waals surface area (Å²) in [7, 11) is 0. The van der Waals surface area contributed by atoms with Crippen molar-refractivity contribution in [2.45, 2.75) is 45.1 Å². The molecule has 0 amide bonds. The normalized spacial score (nSPS) is 23.7. The van der Waals surface area contributed by atoms with Gasteiger partial charge in [-0.3, -0.25) is 0 Å². The van der Waals surface area contributed by atoms with E-state index in [2.05, 4.69) is 35.3 Å². The second kappa shape index (κ2) is 5.31. The minimum Gasteiger partial charge on any atom is -0.384 e. The number of hydrogen-bond donors (Lipinski definition) is 1. The van der Waals surface area contributed by atoms with Crippen molar-refractivity contribution < 1.29 is 0 Å². The Morgan fingerprint density at radius 1 is 1.33 bits per heavy atom. The second-order valence-electron chi connectivity index (χ2n) is 5.80. The van der Waals surface area contributed by atoms with Gasteiger partial charge in [-0.25, -0.2) is 0 Å². The summed E-state index contributed by atoms with van der Waals surface area (Å²) in [6, 6.07) is 7.75. The topological polar surface area (TPSA) is 15.3 Å². The van der Waals surface area contributed by atoms with Gasteiger partial charge in [0.25, 0.3) is 0 Å². The first-order valence-electron chi connectivity index (χ1n) is 7.42. The summed E-state index contributed by atoms with van der Waals surface area (Å²) in [5, 5.41) is 3.43. The van der Waals surface area contributed by atoms with Crippen LogP contribution in [-0.4, -0.2) is 30.6 Å². The van der Waals surface area contributed by atoms with E-state index in [1.54, 1.807) is 0 Å². The summed E-state index contributed by atoms with van der Waals surface area (Å²) in [5.74, 6) is 0. The molecule has 1 aromatic rings. The summed E-state index contributed by atoms with van der Waals surface area (Å²) in [4.78, 5) is 2.66. The third-order valence-corrected chi connectivity index (χ3v) is 4.51. The predicted octanol–water partition coefficient (Wildman–Crippen LogP) is 3.07. The molecule has 2 aliphatic rings. The number of hydrogen-bond acceptors (Lipinski definition) is 2. The highest BCUT2D eigenvalue weighted by Gasteiger charge is 2.17. The van der Waals surface area contributed by atoms with Gasteiger partial charge in [-0.15, -0.1) is 0 Å². The number of rotatable bonds is 3. The standard InChI is InChI=1S/C16H24N2/c1-13-4-2-3-10-18(13)11-8-14-5-6-16-15(12-14)7-9-17-16/h5-6,12-13,17H,2-4,7-11H2,1H3. The van der Waals surface area contributed by atoms with E-state index in [0.29, 0.717) is 0 Å². The van der Waals surface area contributed by atoms with Crippen LogP contribution in [0.3, 0.4) is 0 Å². The van der Waals surface area contributed by atoms with Crippen LogP contribution in [0, 0.1) is 0 Å². The van der Waals surface area contributed by atoms with E-state index in [1.807, 2.05) is 0 Å². The number of fused-ring (bicyclic) bond motifs is 1. The van der Waals surface area contributed by atoms with Crippen molar-refractivity contribution in [1.82, 2.24) is 4.90 Å². The van der Waals surface area contributed by atoms with E-state index in [-0.39, 0.29) is 0 Å². The molecule has 0 aromatic heterocycles. The molecule has 0 radical (unpaired) electrons. The third kappa shape index (κ3) is 2.54. The summed E-state index contributed by atoms with van der Waals surface area (Å²) in [6.45, 7) is 6.02. The molecule has 1 unspecified atom stereocenters. The molecule has 0 spiro atoms. The van der Waals surface area contributed by atoms with E-state index in [0.717, 1.165) is 12.6 Å². The zero-order chi connectivity index (χ0) is 12.4. The van der Waals surface area contributed by atoms with Crippen LogP contribution in [-0.2, 0) is 12.8 Å².